The molecule has 2 amide bonds. The Bertz CT molecular complexity index is 773. The molecule has 2 aromatic carbocycles. The van der Waals surface area contributed by atoms with Crippen LogP contribution in [-0.2, 0) is 22.2 Å². The van der Waals surface area contributed by atoms with Crippen LogP contribution in [0.3, 0.4) is 0 Å². The molecule has 0 heterocycles. The third kappa shape index (κ3) is 5.95. The van der Waals surface area contributed by atoms with E-state index >= 15 is 0 Å². The van der Waals surface area contributed by atoms with Gasteiger partial charge in [-0.2, -0.15) is 13.2 Å². The summed E-state index contributed by atoms with van der Waals surface area (Å²) in [6.07, 6.45) is -4.36. The number of halogens is 3. The van der Waals surface area contributed by atoms with Crippen LogP contribution in [0.15, 0.2) is 48.5 Å². The number of nitrogens with one attached hydrogen (secondary N) is 2. The highest BCUT2D eigenvalue weighted by molar-refractivity contribution is 5.94. The molecule has 7 heteroatoms. The van der Waals surface area contributed by atoms with Crippen LogP contribution in [-0.4, -0.2) is 18.4 Å². The zero-order valence-electron chi connectivity index (χ0n) is 13.5. The maximum absolute atomic E-state index is 12.6. The molecule has 0 aromatic heterocycles. The number of benzene rings is 2. The zero-order chi connectivity index (χ0) is 18.4. The number of carbonyl (C=O) groups excluding carboxylic acids is 2. The van der Waals surface area contributed by atoms with Gasteiger partial charge in [0, 0.05) is 5.69 Å². The number of amides is 2. The minimum Gasteiger partial charge on any atom is -0.347 e. The number of hydrogen-bond donors (Lipinski definition) is 2. The van der Waals surface area contributed by atoms with Gasteiger partial charge in [0.1, 0.15) is 0 Å². The predicted molar refractivity (Wildman–Crippen MR) is 88.0 cm³/mol. The van der Waals surface area contributed by atoms with Crippen LogP contribution < -0.4 is 10.6 Å². The van der Waals surface area contributed by atoms with Crippen molar-refractivity contribution in [2.75, 3.05) is 11.9 Å². The highest BCUT2D eigenvalue weighted by Gasteiger charge is 2.30. The Hall–Kier alpha value is -2.83. The molecule has 0 aliphatic carbocycles. The second-order valence-electron chi connectivity index (χ2n) is 5.57. The highest BCUT2D eigenvalue weighted by Crippen LogP contribution is 2.30. The van der Waals surface area contributed by atoms with Crippen LogP contribution >= 0.6 is 0 Å². The van der Waals surface area contributed by atoms with Crippen molar-refractivity contribution in [3.05, 3.63) is 65.2 Å². The van der Waals surface area contributed by atoms with Gasteiger partial charge in [0.15, 0.2) is 0 Å². The lowest BCUT2D eigenvalue weighted by atomic mass is 10.1. The molecule has 0 saturated carbocycles. The summed E-state index contributed by atoms with van der Waals surface area (Å²) in [6.45, 7) is 1.59. The normalized spacial score (nSPS) is 11.0. The molecule has 2 aromatic rings. The Morgan fingerprint density at radius 2 is 1.72 bits per heavy atom. The van der Waals surface area contributed by atoms with Gasteiger partial charge < -0.3 is 10.6 Å². The maximum atomic E-state index is 12.6. The molecule has 0 atom stereocenters. The summed E-state index contributed by atoms with van der Waals surface area (Å²) < 4.78 is 37.9. The van der Waals surface area contributed by atoms with Crippen molar-refractivity contribution in [1.82, 2.24) is 5.32 Å². The molecule has 0 aliphatic heterocycles. The van der Waals surface area contributed by atoms with E-state index in [9.17, 15) is 22.8 Å². The summed E-state index contributed by atoms with van der Waals surface area (Å²) >= 11 is 0. The Balaban J connectivity index is 1.85. The smallest absolute Gasteiger partial charge is 0.347 e. The molecule has 132 valence electrons. The fraction of sp³-hybridized carbons (Fsp3) is 0.222. The number of anilines is 1. The minimum absolute atomic E-state index is 0.0211. The minimum atomic E-state index is -4.48. The summed E-state index contributed by atoms with van der Waals surface area (Å²) in [5.41, 5.74) is 1.00. The topological polar surface area (TPSA) is 58.2 Å². The highest BCUT2D eigenvalue weighted by atomic mass is 19.4. The molecule has 0 unspecified atom stereocenters. The average molecular weight is 350 g/mol. The number of carbonyl (C=O) groups is 2. The summed E-state index contributed by atoms with van der Waals surface area (Å²) in [6, 6.07) is 11.7. The number of rotatable bonds is 5. The largest absolute Gasteiger partial charge is 0.416 e. The molecule has 0 aliphatic rings. The van der Waals surface area contributed by atoms with Crippen LogP contribution in [0.25, 0.3) is 0 Å². The van der Waals surface area contributed by atoms with E-state index in [0.29, 0.717) is 0 Å². The summed E-state index contributed by atoms with van der Waals surface area (Å²) in [4.78, 5) is 23.6. The SMILES string of the molecule is Cc1cccc(CC(=O)NCC(=O)Nc2cccc(C(F)(F)F)c2)c1. The first-order valence-corrected chi connectivity index (χ1v) is 7.53. The van der Waals surface area contributed by atoms with Gasteiger partial charge in [-0.3, -0.25) is 9.59 Å². The Morgan fingerprint density at radius 1 is 1.00 bits per heavy atom. The molecule has 2 rings (SSSR count). The van der Waals surface area contributed by atoms with Gasteiger partial charge >= 0.3 is 6.18 Å². The molecule has 0 fully saturated rings. The Kier molecular flexibility index (Phi) is 5.80. The number of aryl methyl sites for hydroxylation is 1. The second-order valence-corrected chi connectivity index (χ2v) is 5.57. The Labute approximate surface area is 143 Å². The van der Waals surface area contributed by atoms with Gasteiger partial charge in [-0.15, -0.1) is 0 Å². The first-order valence-electron chi connectivity index (χ1n) is 7.53. The summed E-state index contributed by atoms with van der Waals surface area (Å²) in [5, 5.41) is 4.77. The lowest BCUT2D eigenvalue weighted by Crippen LogP contribution is -2.33. The lowest BCUT2D eigenvalue weighted by Gasteiger charge is -2.10. The summed E-state index contributed by atoms with van der Waals surface area (Å²) in [5.74, 6) is -0.943. The molecule has 2 N–H and O–H groups in total. The third-order valence-corrected chi connectivity index (χ3v) is 3.37. The third-order valence-electron chi connectivity index (χ3n) is 3.37. The lowest BCUT2D eigenvalue weighted by molar-refractivity contribution is -0.137. The van der Waals surface area contributed by atoms with Crippen molar-refractivity contribution < 1.29 is 22.8 Å². The van der Waals surface area contributed by atoms with Crippen molar-refractivity contribution in [1.29, 1.82) is 0 Å². The molecule has 0 bridgehead atoms. The molecule has 0 spiro atoms. The van der Waals surface area contributed by atoms with E-state index in [4.69, 9.17) is 0 Å². The van der Waals surface area contributed by atoms with E-state index in [-0.39, 0.29) is 24.6 Å². The van der Waals surface area contributed by atoms with Crippen LogP contribution in [0.5, 0.6) is 0 Å². The van der Waals surface area contributed by atoms with Gasteiger partial charge in [-0.05, 0) is 30.7 Å². The van der Waals surface area contributed by atoms with E-state index in [1.807, 2.05) is 25.1 Å². The first kappa shape index (κ1) is 18.5. The van der Waals surface area contributed by atoms with Crippen molar-refractivity contribution in [2.24, 2.45) is 0 Å². The average Bonchev–Trinajstić information content (AvgIpc) is 2.52. The van der Waals surface area contributed by atoms with Gasteiger partial charge in [0.2, 0.25) is 11.8 Å². The monoisotopic (exact) mass is 350 g/mol. The van der Waals surface area contributed by atoms with Gasteiger partial charge in [-0.1, -0.05) is 35.9 Å². The van der Waals surface area contributed by atoms with Crippen molar-refractivity contribution in [3.8, 4) is 0 Å². The zero-order valence-corrected chi connectivity index (χ0v) is 13.5. The van der Waals surface area contributed by atoms with Gasteiger partial charge in [0.05, 0.1) is 18.5 Å². The quantitative estimate of drug-likeness (QED) is 0.869. The van der Waals surface area contributed by atoms with E-state index in [1.165, 1.54) is 12.1 Å². The molecular weight excluding hydrogens is 333 g/mol. The van der Waals surface area contributed by atoms with Crippen LogP contribution in [0.2, 0.25) is 0 Å². The predicted octanol–water partition coefficient (Wildman–Crippen LogP) is 3.31. The van der Waals surface area contributed by atoms with Crippen LogP contribution in [0.1, 0.15) is 16.7 Å². The van der Waals surface area contributed by atoms with E-state index in [0.717, 1.165) is 23.3 Å². The Morgan fingerprint density at radius 3 is 2.40 bits per heavy atom. The van der Waals surface area contributed by atoms with E-state index in [1.54, 1.807) is 6.07 Å². The number of alkyl halides is 3. The van der Waals surface area contributed by atoms with E-state index < -0.39 is 17.6 Å². The first-order chi connectivity index (χ1) is 11.7. The molecule has 4 nitrogen and oxygen atoms in total. The standard InChI is InChI=1S/C18H17F3N2O2/c1-12-4-2-5-13(8-12)9-16(24)22-11-17(25)23-15-7-3-6-14(10-15)18(19,20)21/h2-8,10H,9,11H2,1H3,(H,22,24)(H,23,25). The van der Waals surface area contributed by atoms with Crippen molar-refractivity contribution in [2.45, 2.75) is 19.5 Å². The van der Waals surface area contributed by atoms with Crippen molar-refractivity contribution in [3.63, 3.8) is 0 Å². The molecule has 0 saturated heterocycles. The summed E-state index contributed by atoms with van der Waals surface area (Å²) in [7, 11) is 0. The number of hydrogen-bond acceptors (Lipinski definition) is 2. The van der Waals surface area contributed by atoms with Crippen molar-refractivity contribution >= 4 is 17.5 Å². The van der Waals surface area contributed by atoms with Gasteiger partial charge in [0.25, 0.3) is 0 Å². The molecule has 0 radical (unpaired) electrons. The molecule has 25 heavy (non-hydrogen) atoms. The van der Waals surface area contributed by atoms with Crippen LogP contribution in [0, 0.1) is 6.92 Å². The fourth-order valence-corrected chi connectivity index (χ4v) is 2.23. The van der Waals surface area contributed by atoms with Gasteiger partial charge in [-0.25, -0.2) is 0 Å². The fourth-order valence-electron chi connectivity index (χ4n) is 2.23. The molecular formula is C18H17F3N2O2. The maximum Gasteiger partial charge on any atom is 0.416 e. The second kappa shape index (κ2) is 7.83. The van der Waals surface area contributed by atoms with Crippen LogP contribution in [0.4, 0.5) is 18.9 Å². The van der Waals surface area contributed by atoms with E-state index in [2.05, 4.69) is 10.6 Å².